The molecular weight excluding hydrogens is 435 g/mol. The van der Waals surface area contributed by atoms with E-state index in [2.05, 4.69) is 38.8 Å². The second-order valence-electron chi connectivity index (χ2n) is 9.25. The first kappa shape index (κ1) is 22.7. The Balaban J connectivity index is 1.56. The second-order valence-corrected chi connectivity index (χ2v) is 9.25. The van der Waals surface area contributed by atoms with Gasteiger partial charge >= 0.3 is 0 Å². The van der Waals surface area contributed by atoms with Crippen LogP contribution in [0.3, 0.4) is 0 Å². The van der Waals surface area contributed by atoms with Crippen molar-refractivity contribution in [2.24, 2.45) is 0 Å². The molecule has 34 heavy (non-hydrogen) atoms. The fraction of sp³-hybridized carbons (Fsp3) is 0.480. The molecule has 4 aromatic rings. The summed E-state index contributed by atoms with van der Waals surface area (Å²) in [6, 6.07) is 1.92. The van der Waals surface area contributed by atoms with Gasteiger partial charge in [0.15, 0.2) is 17.2 Å². The first-order valence-corrected chi connectivity index (χ1v) is 11.8. The van der Waals surface area contributed by atoms with E-state index in [1.54, 1.807) is 24.9 Å². The van der Waals surface area contributed by atoms with Crippen LogP contribution in [-0.2, 0) is 4.74 Å². The van der Waals surface area contributed by atoms with E-state index in [0.717, 1.165) is 55.9 Å². The van der Waals surface area contributed by atoms with Crippen LogP contribution in [0.4, 0.5) is 4.39 Å². The number of likely N-dealkylation sites (tertiary alicyclic amines) is 1. The van der Waals surface area contributed by atoms with Crippen LogP contribution < -0.4 is 4.74 Å². The number of hydrogen-bond acceptors (Lipinski definition) is 6. The number of fused-ring (bicyclic) bond motifs is 2. The summed E-state index contributed by atoms with van der Waals surface area (Å²) in [5.74, 6) is 0.630. The van der Waals surface area contributed by atoms with Gasteiger partial charge in [0.1, 0.15) is 6.33 Å². The second kappa shape index (κ2) is 9.31. The van der Waals surface area contributed by atoms with Crippen LogP contribution >= 0.6 is 0 Å². The van der Waals surface area contributed by atoms with Crippen LogP contribution in [-0.4, -0.2) is 69.9 Å². The summed E-state index contributed by atoms with van der Waals surface area (Å²) >= 11 is 0. The Kier molecular flexibility index (Phi) is 6.22. The summed E-state index contributed by atoms with van der Waals surface area (Å²) in [6.07, 6.45) is 6.96. The molecule has 1 fully saturated rings. The molecule has 0 unspecified atom stereocenters. The number of methoxy groups -OCH3 is 2. The number of nitrogens with zero attached hydrogens (tertiary/aromatic N) is 5. The molecule has 0 saturated carbocycles. The number of H-pyrrole nitrogens is 1. The summed E-state index contributed by atoms with van der Waals surface area (Å²) in [5.41, 5.74) is 4.58. The maximum atomic E-state index is 16.1. The number of halogens is 1. The SMILES string of the molecule is COCCN1CCC(c2ncc3[nH]c(-c4cc(OC)c5ncnn5c4)c(C(C)C)c3c2F)CC1. The number of nitrogens with one attached hydrogen (secondary N) is 1. The quantitative estimate of drug-likeness (QED) is 0.436. The molecule has 0 bridgehead atoms. The minimum absolute atomic E-state index is 0.0989. The highest BCUT2D eigenvalue weighted by Crippen LogP contribution is 2.40. The van der Waals surface area contributed by atoms with Crippen molar-refractivity contribution in [1.82, 2.24) is 29.5 Å². The Hall–Kier alpha value is -3.04. The molecule has 0 amide bonds. The number of hydrogen-bond donors (Lipinski definition) is 1. The summed E-state index contributed by atoms with van der Waals surface area (Å²) < 4.78 is 28.5. The zero-order valence-corrected chi connectivity index (χ0v) is 20.1. The molecule has 9 heteroatoms. The molecule has 1 N–H and O–H groups in total. The van der Waals surface area contributed by atoms with Gasteiger partial charge < -0.3 is 19.4 Å². The van der Waals surface area contributed by atoms with E-state index in [9.17, 15) is 0 Å². The zero-order chi connectivity index (χ0) is 23.8. The summed E-state index contributed by atoms with van der Waals surface area (Å²) in [5, 5.41) is 4.91. The number of aromatic amines is 1. The zero-order valence-electron chi connectivity index (χ0n) is 20.1. The van der Waals surface area contributed by atoms with E-state index in [-0.39, 0.29) is 17.7 Å². The van der Waals surface area contributed by atoms with Gasteiger partial charge in [-0.1, -0.05) is 13.8 Å². The van der Waals surface area contributed by atoms with Gasteiger partial charge in [0, 0.05) is 36.7 Å². The van der Waals surface area contributed by atoms with Crippen molar-refractivity contribution in [3.8, 4) is 17.0 Å². The molecule has 180 valence electrons. The molecule has 0 radical (unpaired) electrons. The molecule has 8 nitrogen and oxygen atoms in total. The third-order valence-corrected chi connectivity index (χ3v) is 6.86. The van der Waals surface area contributed by atoms with Gasteiger partial charge in [-0.15, -0.1) is 0 Å². The van der Waals surface area contributed by atoms with Gasteiger partial charge in [0.05, 0.1) is 36.8 Å². The largest absolute Gasteiger partial charge is 0.493 e. The van der Waals surface area contributed by atoms with Crippen LogP contribution in [0.5, 0.6) is 5.75 Å². The smallest absolute Gasteiger partial charge is 0.197 e. The van der Waals surface area contributed by atoms with Crippen molar-refractivity contribution < 1.29 is 13.9 Å². The maximum absolute atomic E-state index is 16.1. The molecule has 0 aromatic carbocycles. The van der Waals surface area contributed by atoms with Crippen LogP contribution in [0.1, 0.15) is 49.8 Å². The fourth-order valence-electron chi connectivity index (χ4n) is 5.11. The number of rotatable bonds is 7. The van der Waals surface area contributed by atoms with E-state index in [4.69, 9.17) is 9.47 Å². The Morgan fingerprint density at radius 3 is 2.71 bits per heavy atom. The molecule has 5 heterocycles. The summed E-state index contributed by atoms with van der Waals surface area (Å²) in [6.45, 7) is 7.67. The lowest BCUT2D eigenvalue weighted by Gasteiger charge is -2.31. The highest BCUT2D eigenvalue weighted by Gasteiger charge is 2.28. The molecule has 4 aromatic heterocycles. The van der Waals surface area contributed by atoms with Crippen LogP contribution in [0.25, 0.3) is 27.8 Å². The monoisotopic (exact) mass is 466 g/mol. The van der Waals surface area contributed by atoms with Crippen molar-refractivity contribution in [3.63, 3.8) is 0 Å². The van der Waals surface area contributed by atoms with Crippen LogP contribution in [0, 0.1) is 5.82 Å². The maximum Gasteiger partial charge on any atom is 0.197 e. The van der Waals surface area contributed by atoms with Crippen molar-refractivity contribution in [2.45, 2.75) is 38.5 Å². The van der Waals surface area contributed by atoms with Crippen LogP contribution in [0.2, 0.25) is 0 Å². The number of pyridine rings is 2. The highest BCUT2D eigenvalue weighted by atomic mass is 19.1. The molecule has 1 aliphatic heterocycles. The average molecular weight is 467 g/mol. The van der Waals surface area contributed by atoms with Crippen LogP contribution in [0.15, 0.2) is 24.8 Å². The predicted octanol–water partition coefficient (Wildman–Crippen LogP) is 4.37. The first-order chi connectivity index (χ1) is 16.5. The molecule has 1 saturated heterocycles. The molecule has 1 aliphatic rings. The molecule has 0 spiro atoms. The predicted molar refractivity (Wildman–Crippen MR) is 129 cm³/mol. The molecule has 0 atom stereocenters. The Morgan fingerprint density at radius 2 is 2.00 bits per heavy atom. The van der Waals surface area contributed by atoms with E-state index in [1.807, 2.05) is 12.3 Å². The lowest BCUT2D eigenvalue weighted by molar-refractivity contribution is 0.129. The lowest BCUT2D eigenvalue weighted by Crippen LogP contribution is -2.35. The Labute approximate surface area is 198 Å². The van der Waals surface area contributed by atoms with Gasteiger partial charge in [0.2, 0.25) is 0 Å². The normalized spacial score (nSPS) is 15.7. The van der Waals surface area contributed by atoms with Gasteiger partial charge in [-0.25, -0.2) is 13.9 Å². The Morgan fingerprint density at radius 1 is 1.21 bits per heavy atom. The van der Waals surface area contributed by atoms with E-state index >= 15 is 4.39 Å². The topological polar surface area (TPSA) is 80.6 Å². The molecular formula is C25H31FN6O2. The first-order valence-electron chi connectivity index (χ1n) is 11.8. The number of aromatic nitrogens is 5. The van der Waals surface area contributed by atoms with Gasteiger partial charge in [-0.2, -0.15) is 5.10 Å². The minimum atomic E-state index is -0.201. The highest BCUT2D eigenvalue weighted by molar-refractivity contribution is 5.92. The summed E-state index contributed by atoms with van der Waals surface area (Å²) in [4.78, 5) is 14.7. The third kappa shape index (κ3) is 3.92. The molecule has 5 rings (SSSR count). The van der Waals surface area contributed by atoms with Gasteiger partial charge in [0.25, 0.3) is 0 Å². The van der Waals surface area contributed by atoms with Crippen molar-refractivity contribution in [3.05, 3.63) is 41.9 Å². The summed E-state index contributed by atoms with van der Waals surface area (Å²) in [7, 11) is 3.33. The third-order valence-electron chi connectivity index (χ3n) is 6.86. The molecule has 0 aliphatic carbocycles. The van der Waals surface area contributed by atoms with E-state index in [0.29, 0.717) is 28.0 Å². The average Bonchev–Trinajstić information content (AvgIpc) is 3.48. The number of ether oxygens (including phenoxy) is 2. The minimum Gasteiger partial charge on any atom is -0.493 e. The van der Waals surface area contributed by atoms with E-state index in [1.165, 1.54) is 6.33 Å². The van der Waals surface area contributed by atoms with E-state index < -0.39 is 0 Å². The van der Waals surface area contributed by atoms with Gasteiger partial charge in [-0.05, 0) is 43.5 Å². The van der Waals surface area contributed by atoms with Crippen molar-refractivity contribution >= 4 is 16.6 Å². The fourth-order valence-corrected chi connectivity index (χ4v) is 5.11. The van der Waals surface area contributed by atoms with Gasteiger partial charge in [-0.3, -0.25) is 4.98 Å². The number of piperidine rings is 1. The standard InChI is InChI=1S/C25H31FN6O2/c1-15(2)20-21-18(30-23(20)17-11-19(34-4)25-28-14-29-32(25)13-17)12-27-24(22(21)26)16-5-7-31(8-6-16)9-10-33-3/h11-16,30H,5-10H2,1-4H3. The lowest BCUT2D eigenvalue weighted by atomic mass is 9.90. The Bertz CT molecular complexity index is 1310. The van der Waals surface area contributed by atoms with Crippen molar-refractivity contribution in [1.29, 1.82) is 0 Å². The van der Waals surface area contributed by atoms with Crippen molar-refractivity contribution in [2.75, 3.05) is 40.5 Å².